The lowest BCUT2D eigenvalue weighted by Crippen LogP contribution is -2.03. The highest BCUT2D eigenvalue weighted by atomic mass is 32.2. The molecule has 0 saturated carbocycles. The fourth-order valence-electron chi connectivity index (χ4n) is 6.44. The summed E-state index contributed by atoms with van der Waals surface area (Å²) in [7, 11) is -14.4. The van der Waals surface area contributed by atoms with E-state index in [-0.39, 0.29) is 17.3 Å². The van der Waals surface area contributed by atoms with E-state index in [0.29, 0.717) is 57.7 Å². The first-order valence-corrected chi connectivity index (χ1v) is 52.4. The zero-order valence-corrected chi connectivity index (χ0v) is 74.8. The van der Waals surface area contributed by atoms with Crippen LogP contribution in [0.5, 0.6) is 0 Å². The van der Waals surface area contributed by atoms with Crippen LogP contribution in [-0.2, 0) is 93.3 Å². The lowest BCUT2D eigenvalue weighted by atomic mass is 10.1. The lowest BCUT2D eigenvalue weighted by molar-refractivity contribution is 0.592. The fraction of sp³-hybridized carbons (Fsp3) is 0.839. The molecule has 5 unspecified atom stereocenters. The molecule has 0 aliphatic heterocycles. The summed E-state index contributed by atoms with van der Waals surface area (Å²) in [5, 5.41) is 18.2. The second-order valence-electron chi connectivity index (χ2n) is 21.6. The van der Waals surface area contributed by atoms with Crippen LogP contribution in [0.2, 0.25) is 0 Å². The minimum atomic E-state index is -2.83. The second-order valence-corrected chi connectivity index (χ2v) is 39.8. The van der Waals surface area contributed by atoms with E-state index in [9.17, 15) is 54.7 Å². The Kier molecular flexibility index (Phi) is 112. The van der Waals surface area contributed by atoms with Crippen molar-refractivity contribution in [2.24, 2.45) is 44.9 Å². The van der Waals surface area contributed by atoms with Gasteiger partial charge >= 0.3 is 0 Å². The molecule has 0 heterocycles. The Balaban J connectivity index is -0.000000135. The number of nitrogens with zero attached hydrogens (tertiary/aromatic N) is 9. The highest BCUT2D eigenvalue weighted by molar-refractivity contribution is 7.91. The van der Waals surface area contributed by atoms with Gasteiger partial charge in [0, 0.05) is 209 Å². The minimum absolute atomic E-state index is 0.174. The van der Waals surface area contributed by atoms with Crippen molar-refractivity contribution in [1.29, 1.82) is 0 Å². The van der Waals surface area contributed by atoms with E-state index in [1.54, 1.807) is 31.3 Å². The number of hydrogen-bond acceptors (Lipinski definition) is 30. The molecule has 588 valence electrons. The molecule has 0 aromatic rings. The zero-order valence-electron chi connectivity index (χ0n) is 60.9. The molecule has 0 bridgehead atoms. The average Bonchev–Trinajstić information content (AvgIpc) is 3.69. The van der Waals surface area contributed by atoms with Gasteiger partial charge in [-0.05, 0) is 213 Å². The third-order valence-electron chi connectivity index (χ3n) is 11.3. The van der Waals surface area contributed by atoms with Crippen molar-refractivity contribution in [3.8, 4) is 0 Å². The predicted molar refractivity (Wildman–Crippen MR) is 466 cm³/mol. The summed E-state index contributed by atoms with van der Waals surface area (Å²) in [4.78, 5) is 33.6. The third-order valence-corrected chi connectivity index (χ3v) is 20.7. The summed E-state index contributed by atoms with van der Waals surface area (Å²) >= 11 is 35.1. The highest BCUT2D eigenvalue weighted by Crippen LogP contribution is 2.05. The van der Waals surface area contributed by atoms with Gasteiger partial charge < -0.3 is 0 Å². The van der Waals surface area contributed by atoms with E-state index < -0.39 is 93.3 Å². The molecular weight excluding hydrogens is 1620 g/mol. The summed E-state index contributed by atoms with van der Waals surface area (Å²) in [6.45, 7) is 9.50. The van der Waals surface area contributed by atoms with Crippen LogP contribution in [0.4, 0.5) is 0 Å². The summed E-state index contributed by atoms with van der Waals surface area (Å²) in [6, 6.07) is 0. The van der Waals surface area contributed by atoms with Crippen molar-refractivity contribution in [3.63, 3.8) is 0 Å². The van der Waals surface area contributed by atoms with Gasteiger partial charge in [-0.3, -0.25) is 21.0 Å². The van der Waals surface area contributed by atoms with Crippen LogP contribution in [0.1, 0.15) is 161 Å². The Bertz CT molecular complexity index is 3070. The number of thiocarbonyl (C=S) groups is 8. The molecule has 0 aromatic carbocycles. The van der Waals surface area contributed by atoms with Crippen LogP contribution in [0.3, 0.4) is 0 Å². The average molecular weight is 1740 g/mol. The first-order chi connectivity index (χ1) is 47.6. The SMILES string of the molecule is C=C=NCCCS(C)=O.CS(=O)(=O)CCCCCCN=C=S.CS(=O)(=O)CCCCCN=C=S.CS(=O)(=O)CCCCN=C=S.CS(=O)(=O)CCCN=C=S.CS(=O)CCCCCCCN=C=S.CS(=O)CCCCCCN=C=S.CS(=O)CCCCCN=C=S.CS(=O)CCCCN=C=S. The molecule has 0 aliphatic carbocycles. The molecule has 0 fully saturated rings. The molecule has 0 radical (unpaired) electrons. The van der Waals surface area contributed by atoms with Crippen LogP contribution in [0.15, 0.2) is 51.5 Å². The zero-order chi connectivity index (χ0) is 79.0. The molecular formula is C62H115N9O13S17. The van der Waals surface area contributed by atoms with Gasteiger partial charge in [-0.2, -0.15) is 0 Å². The largest absolute Gasteiger partial charge is 0.260 e. The summed E-state index contributed by atoms with van der Waals surface area (Å²) in [5.41, 5.74) is 0. The maximum atomic E-state index is 10.7. The number of aliphatic imine (C=N–C) groups is 9. The van der Waals surface area contributed by atoms with Crippen molar-refractivity contribution in [2.45, 2.75) is 161 Å². The van der Waals surface area contributed by atoms with E-state index in [1.165, 1.54) is 44.3 Å². The fourth-order valence-corrected chi connectivity index (χ4v) is 13.0. The summed E-state index contributed by atoms with van der Waals surface area (Å²) in [5.74, 6) is 7.37. The number of sulfone groups is 4. The summed E-state index contributed by atoms with van der Waals surface area (Å²) in [6.07, 6.45) is 37.8. The van der Waals surface area contributed by atoms with E-state index in [0.717, 1.165) is 177 Å². The number of hydrogen-bond donors (Lipinski definition) is 0. The first-order valence-electron chi connectivity index (χ1n) is 32.3. The van der Waals surface area contributed by atoms with Crippen molar-refractivity contribution in [1.82, 2.24) is 0 Å². The molecule has 0 aromatic heterocycles. The van der Waals surface area contributed by atoms with Gasteiger partial charge in [-0.25, -0.2) is 78.6 Å². The molecule has 0 amide bonds. The van der Waals surface area contributed by atoms with E-state index in [4.69, 9.17) is 0 Å². The van der Waals surface area contributed by atoms with Crippen LogP contribution in [0.25, 0.3) is 0 Å². The lowest BCUT2D eigenvalue weighted by Gasteiger charge is -1.98. The van der Waals surface area contributed by atoms with E-state index in [1.807, 2.05) is 0 Å². The number of isothiocyanates is 8. The van der Waals surface area contributed by atoms with Crippen molar-refractivity contribution in [3.05, 3.63) is 6.58 Å². The number of rotatable bonds is 52. The summed E-state index contributed by atoms with van der Waals surface area (Å²) < 4.78 is 138. The van der Waals surface area contributed by atoms with E-state index in [2.05, 4.69) is 196 Å². The minimum Gasteiger partial charge on any atom is -0.260 e. The van der Waals surface area contributed by atoms with Gasteiger partial charge in [-0.1, -0.05) is 57.8 Å². The van der Waals surface area contributed by atoms with Crippen LogP contribution in [-0.4, -0.2) is 269 Å². The van der Waals surface area contributed by atoms with E-state index >= 15 is 0 Å². The normalized spacial score (nSPS) is 11.5. The monoisotopic (exact) mass is 1740 g/mol. The predicted octanol–water partition coefficient (Wildman–Crippen LogP) is 12.4. The van der Waals surface area contributed by atoms with Gasteiger partial charge in [0.05, 0.1) is 53.6 Å². The highest BCUT2D eigenvalue weighted by Gasteiger charge is 2.03. The Hall–Kier alpha value is -1.60. The molecule has 0 saturated heterocycles. The molecule has 0 spiro atoms. The quantitative estimate of drug-likeness (QED) is 0.0310. The Morgan fingerprint density at radius 3 is 0.624 bits per heavy atom. The topological polar surface area (TPSA) is 333 Å². The first kappa shape index (κ1) is 118. The van der Waals surface area contributed by atoms with Crippen LogP contribution in [0, 0.1) is 0 Å². The molecule has 22 nitrogen and oxygen atoms in total. The van der Waals surface area contributed by atoms with Crippen molar-refractivity contribution in [2.75, 3.05) is 167 Å². The second kappa shape index (κ2) is 96.4. The maximum Gasteiger partial charge on any atom is 0.147 e. The number of unbranched alkanes of at least 4 members (excludes halogenated alkanes) is 16. The third kappa shape index (κ3) is 174. The molecule has 0 N–H and O–H groups in total. The van der Waals surface area contributed by atoms with Crippen molar-refractivity contribution < 1.29 is 54.7 Å². The van der Waals surface area contributed by atoms with Crippen LogP contribution >= 0.6 is 97.7 Å². The van der Waals surface area contributed by atoms with Crippen LogP contribution < -0.4 is 0 Å². The molecule has 0 aliphatic rings. The molecule has 0 rings (SSSR count). The van der Waals surface area contributed by atoms with Gasteiger partial charge in [-0.15, -0.1) is 0 Å². The van der Waals surface area contributed by atoms with Gasteiger partial charge in [0.1, 0.15) is 39.3 Å². The van der Waals surface area contributed by atoms with Gasteiger partial charge in [0.2, 0.25) is 0 Å². The standard InChI is InChI=1S/C9H17NOS2.C8H15NO2S2.C8H15NOS2.C7H13NO2S2.C7H13NOS2.C6H11NO2S2.C6H11NOS2.C6H11NOS.C5H9NO2S2/c1-13(11)8-6-4-2-3-5-7-10-9-12;1-13(10,11)7-5-3-2-4-6-9-8-12;1-12(10)7-5-3-2-4-6-9-8-11;1-12(9,10)6-4-2-3-5-8-7-11;1-11(9)6-4-2-3-5-8-7-10;1-11(8,9)5-3-2-4-7-6-10;1-10(8)5-3-2-4-7-6-9;1-3-7-5-4-6-9(2)8;1-10(7,8)4-2-3-6-5-9/h2-8H2,1H3;2-7H2,1H3;2-7H2,1H3;2-6H2,1H3;2-6H2,1H3;2-5H2,1H3;2-5H2,1H3;1,4-6H2,2H3;2-4H2,1H3. The maximum absolute atomic E-state index is 10.7. The Morgan fingerprint density at radius 1 is 0.238 bits per heavy atom. The Labute approximate surface area is 665 Å². The van der Waals surface area contributed by atoms with Crippen molar-refractivity contribution >= 4 is 238 Å². The molecule has 39 heteroatoms. The Morgan fingerprint density at radius 2 is 0.386 bits per heavy atom. The molecule has 5 atom stereocenters. The molecule has 101 heavy (non-hydrogen) atoms. The van der Waals surface area contributed by atoms with Gasteiger partial charge in [0.15, 0.2) is 0 Å². The smallest absolute Gasteiger partial charge is 0.147 e. The van der Waals surface area contributed by atoms with Gasteiger partial charge in [0.25, 0.3) is 0 Å².